The summed E-state index contributed by atoms with van der Waals surface area (Å²) in [6.45, 7) is 6.01. The molecule has 0 aliphatic carbocycles. The van der Waals surface area contributed by atoms with Crippen LogP contribution in [-0.2, 0) is 4.79 Å². The molecule has 0 spiro atoms. The van der Waals surface area contributed by atoms with Crippen LogP contribution in [0.5, 0.6) is 0 Å². The van der Waals surface area contributed by atoms with E-state index in [2.05, 4.69) is 13.8 Å². The highest BCUT2D eigenvalue weighted by molar-refractivity contribution is 7.99. The first kappa shape index (κ1) is 12.6. The zero-order valence-electron chi connectivity index (χ0n) is 8.54. The summed E-state index contributed by atoms with van der Waals surface area (Å²) in [6, 6.07) is 0. The van der Waals surface area contributed by atoms with Gasteiger partial charge in [0.05, 0.1) is 0 Å². The Balaban J connectivity index is 3.55. The fraction of sp³-hybridized carbons (Fsp3) is 0.700. The van der Waals surface area contributed by atoms with E-state index in [0.29, 0.717) is 5.57 Å². The molecule has 3 heteroatoms. The van der Waals surface area contributed by atoms with E-state index in [-0.39, 0.29) is 0 Å². The number of aliphatic carboxylic acids is 1. The van der Waals surface area contributed by atoms with E-state index in [1.165, 1.54) is 6.42 Å². The molecule has 0 saturated heterocycles. The third-order valence-electron chi connectivity index (χ3n) is 1.94. The van der Waals surface area contributed by atoms with Crippen LogP contribution in [0.4, 0.5) is 0 Å². The van der Waals surface area contributed by atoms with Gasteiger partial charge in [0.1, 0.15) is 0 Å². The number of hydrogen-bond acceptors (Lipinski definition) is 2. The molecule has 0 heterocycles. The Morgan fingerprint density at radius 1 is 1.62 bits per heavy atom. The number of carboxylic acids is 1. The van der Waals surface area contributed by atoms with Crippen molar-refractivity contribution in [1.82, 2.24) is 0 Å². The molecule has 0 aromatic carbocycles. The standard InChI is InChI=1S/C10H18O2S/c1-4-8(2)7-13-6-5-9(3)10(11)12/h5,8H,4,6-7H2,1-3H3,(H,11,12)/b9-5-. The van der Waals surface area contributed by atoms with Crippen molar-refractivity contribution < 1.29 is 9.90 Å². The van der Waals surface area contributed by atoms with Crippen LogP contribution in [0.3, 0.4) is 0 Å². The second-order valence-corrected chi connectivity index (χ2v) is 4.32. The molecule has 0 amide bonds. The molecular weight excluding hydrogens is 184 g/mol. The van der Waals surface area contributed by atoms with Gasteiger partial charge < -0.3 is 5.11 Å². The largest absolute Gasteiger partial charge is 0.478 e. The Morgan fingerprint density at radius 2 is 2.23 bits per heavy atom. The van der Waals surface area contributed by atoms with E-state index in [9.17, 15) is 4.79 Å². The maximum Gasteiger partial charge on any atom is 0.330 e. The van der Waals surface area contributed by atoms with Crippen LogP contribution in [0, 0.1) is 5.92 Å². The van der Waals surface area contributed by atoms with Crippen molar-refractivity contribution >= 4 is 17.7 Å². The highest BCUT2D eigenvalue weighted by Gasteiger charge is 2.00. The van der Waals surface area contributed by atoms with Crippen LogP contribution in [0.1, 0.15) is 27.2 Å². The van der Waals surface area contributed by atoms with Crippen molar-refractivity contribution in [3.8, 4) is 0 Å². The number of rotatable bonds is 6. The lowest BCUT2D eigenvalue weighted by atomic mass is 10.2. The summed E-state index contributed by atoms with van der Waals surface area (Å²) >= 11 is 1.79. The van der Waals surface area contributed by atoms with E-state index in [4.69, 9.17) is 5.11 Å². The Hall–Kier alpha value is -0.440. The zero-order chi connectivity index (χ0) is 10.3. The van der Waals surface area contributed by atoms with Crippen LogP contribution in [-0.4, -0.2) is 22.6 Å². The molecule has 1 N–H and O–H groups in total. The first-order chi connectivity index (χ1) is 6.07. The minimum absolute atomic E-state index is 0.441. The van der Waals surface area contributed by atoms with E-state index in [1.807, 2.05) is 0 Å². The predicted octanol–water partition coefficient (Wildman–Crippen LogP) is 2.80. The molecule has 13 heavy (non-hydrogen) atoms. The molecule has 0 rings (SSSR count). The van der Waals surface area contributed by atoms with Crippen molar-refractivity contribution in [2.75, 3.05) is 11.5 Å². The van der Waals surface area contributed by atoms with E-state index in [0.717, 1.165) is 17.4 Å². The van der Waals surface area contributed by atoms with Gasteiger partial charge in [-0.15, -0.1) is 0 Å². The topological polar surface area (TPSA) is 37.3 Å². The molecule has 0 aliphatic rings. The molecule has 0 radical (unpaired) electrons. The van der Waals surface area contributed by atoms with Gasteiger partial charge in [-0.05, 0) is 18.6 Å². The van der Waals surface area contributed by atoms with Crippen LogP contribution in [0.25, 0.3) is 0 Å². The van der Waals surface area contributed by atoms with E-state index in [1.54, 1.807) is 24.8 Å². The summed E-state index contributed by atoms with van der Waals surface area (Å²) in [5.74, 6) is 1.83. The second kappa shape index (κ2) is 7.01. The molecule has 1 atom stereocenters. The van der Waals surface area contributed by atoms with Gasteiger partial charge in [-0.1, -0.05) is 26.3 Å². The van der Waals surface area contributed by atoms with Gasteiger partial charge in [0.15, 0.2) is 0 Å². The van der Waals surface area contributed by atoms with Gasteiger partial charge >= 0.3 is 5.97 Å². The third kappa shape index (κ3) is 6.70. The molecule has 0 saturated carbocycles. The Morgan fingerprint density at radius 3 is 2.69 bits per heavy atom. The van der Waals surface area contributed by atoms with Crippen molar-refractivity contribution in [2.45, 2.75) is 27.2 Å². The zero-order valence-corrected chi connectivity index (χ0v) is 9.36. The Kier molecular flexibility index (Phi) is 6.77. The number of carbonyl (C=O) groups is 1. The minimum Gasteiger partial charge on any atom is -0.478 e. The van der Waals surface area contributed by atoms with Gasteiger partial charge in [0.2, 0.25) is 0 Å². The molecular formula is C10H18O2S. The summed E-state index contributed by atoms with van der Waals surface area (Å²) in [4.78, 5) is 10.4. The summed E-state index contributed by atoms with van der Waals surface area (Å²) in [5, 5.41) is 8.56. The van der Waals surface area contributed by atoms with Crippen molar-refractivity contribution in [1.29, 1.82) is 0 Å². The normalized spacial score (nSPS) is 14.2. The SMILES string of the molecule is CCC(C)CSC/C=C(/C)C(=O)O. The molecule has 76 valence electrons. The summed E-state index contributed by atoms with van der Waals surface area (Å²) in [7, 11) is 0. The van der Waals surface area contributed by atoms with Crippen LogP contribution in [0.15, 0.2) is 11.6 Å². The van der Waals surface area contributed by atoms with E-state index >= 15 is 0 Å². The van der Waals surface area contributed by atoms with E-state index < -0.39 is 5.97 Å². The van der Waals surface area contributed by atoms with Crippen molar-refractivity contribution in [3.05, 3.63) is 11.6 Å². The lowest BCUT2D eigenvalue weighted by Crippen LogP contribution is -1.98. The second-order valence-electron chi connectivity index (χ2n) is 3.24. The molecule has 0 fully saturated rings. The van der Waals surface area contributed by atoms with Crippen LogP contribution < -0.4 is 0 Å². The fourth-order valence-corrected chi connectivity index (χ4v) is 1.80. The van der Waals surface area contributed by atoms with Gasteiger partial charge in [-0.2, -0.15) is 11.8 Å². The average molecular weight is 202 g/mol. The lowest BCUT2D eigenvalue weighted by molar-refractivity contribution is -0.132. The van der Waals surface area contributed by atoms with Crippen molar-refractivity contribution in [2.24, 2.45) is 5.92 Å². The summed E-state index contributed by atoms with van der Waals surface area (Å²) < 4.78 is 0. The maximum absolute atomic E-state index is 10.4. The van der Waals surface area contributed by atoms with Crippen molar-refractivity contribution in [3.63, 3.8) is 0 Å². The Labute approximate surface area is 84.4 Å². The number of carboxylic acid groups (broad SMARTS) is 1. The van der Waals surface area contributed by atoms with Gasteiger partial charge in [0, 0.05) is 11.3 Å². The third-order valence-corrected chi connectivity index (χ3v) is 3.15. The van der Waals surface area contributed by atoms with Gasteiger partial charge in [-0.3, -0.25) is 0 Å². The highest BCUT2D eigenvalue weighted by atomic mass is 32.2. The Bertz CT molecular complexity index is 187. The molecule has 1 unspecified atom stereocenters. The number of thioether (sulfide) groups is 1. The lowest BCUT2D eigenvalue weighted by Gasteiger charge is -2.05. The molecule has 0 aliphatic heterocycles. The average Bonchev–Trinajstić information content (AvgIpc) is 2.11. The predicted molar refractivity (Wildman–Crippen MR) is 58.2 cm³/mol. The van der Waals surface area contributed by atoms with Crippen LogP contribution >= 0.6 is 11.8 Å². The molecule has 0 aromatic rings. The smallest absolute Gasteiger partial charge is 0.330 e. The molecule has 2 nitrogen and oxygen atoms in total. The quantitative estimate of drug-likeness (QED) is 0.531. The minimum atomic E-state index is -0.816. The first-order valence-electron chi connectivity index (χ1n) is 4.55. The maximum atomic E-state index is 10.4. The molecule has 0 aromatic heterocycles. The number of hydrogen-bond donors (Lipinski definition) is 1. The summed E-state index contributed by atoms with van der Waals surface area (Å²) in [5.41, 5.74) is 0.441. The van der Waals surface area contributed by atoms with Gasteiger partial charge in [0.25, 0.3) is 0 Å². The monoisotopic (exact) mass is 202 g/mol. The molecule has 0 bridgehead atoms. The first-order valence-corrected chi connectivity index (χ1v) is 5.71. The fourth-order valence-electron chi connectivity index (χ4n) is 0.658. The summed E-state index contributed by atoms with van der Waals surface area (Å²) in [6.07, 6.45) is 2.96. The van der Waals surface area contributed by atoms with Crippen LogP contribution in [0.2, 0.25) is 0 Å². The highest BCUT2D eigenvalue weighted by Crippen LogP contribution is 2.11. The van der Waals surface area contributed by atoms with Gasteiger partial charge in [-0.25, -0.2) is 4.79 Å².